The molecule has 0 aliphatic carbocycles. The molecule has 0 saturated heterocycles. The van der Waals surface area contributed by atoms with Gasteiger partial charge in [-0.05, 0) is 43.7 Å². The number of rotatable bonds is 8. The third-order valence-electron chi connectivity index (χ3n) is 4.36. The van der Waals surface area contributed by atoms with E-state index in [1.54, 1.807) is 61.2 Å². The highest BCUT2D eigenvalue weighted by molar-refractivity contribution is 8.00. The number of thioether (sulfide) groups is 1. The summed E-state index contributed by atoms with van der Waals surface area (Å²) in [4.78, 5) is 12.7. The maximum Gasteiger partial charge on any atom is 0.264 e. The van der Waals surface area contributed by atoms with Crippen LogP contribution in [-0.4, -0.2) is 37.9 Å². The van der Waals surface area contributed by atoms with Gasteiger partial charge in [-0.3, -0.25) is 9.10 Å². The molecule has 2 aromatic carbocycles. The van der Waals surface area contributed by atoms with Crippen LogP contribution in [0, 0.1) is 13.8 Å². The number of sulfonamides is 1. The Morgan fingerprint density at radius 1 is 1.10 bits per heavy atom. The quantitative estimate of drug-likeness (QED) is 0.565. The Labute approximate surface area is 189 Å². The fourth-order valence-electron chi connectivity index (χ4n) is 2.74. The molecular formula is C22H29ClN2O3S2. The van der Waals surface area contributed by atoms with Gasteiger partial charge in [0.15, 0.2) is 0 Å². The van der Waals surface area contributed by atoms with Crippen LogP contribution >= 0.6 is 23.4 Å². The van der Waals surface area contributed by atoms with E-state index in [-0.39, 0.29) is 22.1 Å². The topological polar surface area (TPSA) is 66.5 Å². The molecular weight excluding hydrogens is 440 g/mol. The summed E-state index contributed by atoms with van der Waals surface area (Å²) in [6, 6.07) is 11.6. The van der Waals surface area contributed by atoms with E-state index in [0.717, 1.165) is 15.6 Å². The van der Waals surface area contributed by atoms with Gasteiger partial charge in [0.05, 0.1) is 10.6 Å². The number of anilines is 1. The van der Waals surface area contributed by atoms with E-state index in [9.17, 15) is 13.2 Å². The highest BCUT2D eigenvalue weighted by Crippen LogP contribution is 2.31. The Balaban J connectivity index is 2.29. The third-order valence-corrected chi connectivity index (χ3v) is 7.82. The van der Waals surface area contributed by atoms with Gasteiger partial charge < -0.3 is 5.32 Å². The lowest BCUT2D eigenvalue weighted by molar-refractivity contribution is -0.119. The zero-order valence-corrected chi connectivity index (χ0v) is 20.4. The maximum atomic E-state index is 13.4. The molecule has 0 radical (unpaired) electrons. The van der Waals surface area contributed by atoms with Gasteiger partial charge in [0.2, 0.25) is 5.91 Å². The second-order valence-electron chi connectivity index (χ2n) is 8.02. The van der Waals surface area contributed by atoms with Gasteiger partial charge >= 0.3 is 0 Å². The lowest BCUT2D eigenvalue weighted by Gasteiger charge is -2.26. The average molecular weight is 469 g/mol. The molecule has 8 heteroatoms. The maximum absolute atomic E-state index is 13.4. The zero-order valence-electron chi connectivity index (χ0n) is 18.0. The predicted octanol–water partition coefficient (Wildman–Crippen LogP) is 4.80. The number of aryl methyl sites for hydroxylation is 1. The summed E-state index contributed by atoms with van der Waals surface area (Å²) in [6.45, 7) is 10.1. The minimum absolute atomic E-state index is 0.101. The first kappa shape index (κ1) is 24.6. The summed E-state index contributed by atoms with van der Waals surface area (Å²) in [5.74, 6) is 0.385. The molecule has 1 amide bonds. The highest BCUT2D eigenvalue weighted by Gasteiger charge is 2.28. The number of amides is 1. The van der Waals surface area contributed by atoms with Crippen molar-refractivity contribution in [3.63, 3.8) is 0 Å². The van der Waals surface area contributed by atoms with Crippen LogP contribution in [-0.2, 0) is 14.8 Å². The molecule has 0 aliphatic heterocycles. The molecule has 0 aromatic heterocycles. The van der Waals surface area contributed by atoms with Gasteiger partial charge in [-0.25, -0.2) is 8.42 Å². The molecule has 0 saturated carbocycles. The second kappa shape index (κ2) is 10.1. The number of carbonyl (C=O) groups excluding carboxylic acids is 1. The monoisotopic (exact) mass is 468 g/mol. The fraction of sp³-hybridized carbons (Fsp3) is 0.409. The van der Waals surface area contributed by atoms with Crippen LogP contribution in [0.25, 0.3) is 0 Å². The first-order valence-corrected chi connectivity index (χ1v) is 12.5. The predicted molar refractivity (Wildman–Crippen MR) is 127 cm³/mol. The molecule has 0 aliphatic rings. The third kappa shape index (κ3) is 6.65. The molecule has 2 aromatic rings. The van der Waals surface area contributed by atoms with Gasteiger partial charge in [-0.15, -0.1) is 0 Å². The van der Waals surface area contributed by atoms with Crippen molar-refractivity contribution in [1.29, 1.82) is 0 Å². The molecule has 0 bridgehead atoms. The number of hydrogen-bond acceptors (Lipinski definition) is 4. The van der Waals surface area contributed by atoms with Gasteiger partial charge in [0.1, 0.15) is 6.54 Å². The van der Waals surface area contributed by atoms with Gasteiger partial charge in [0, 0.05) is 22.1 Å². The Kier molecular flexibility index (Phi) is 8.25. The molecule has 164 valence electrons. The van der Waals surface area contributed by atoms with Gasteiger partial charge in [-0.1, -0.05) is 56.1 Å². The molecule has 5 nitrogen and oxygen atoms in total. The second-order valence-corrected chi connectivity index (χ2v) is 12.2. The van der Waals surface area contributed by atoms with Crippen molar-refractivity contribution in [2.45, 2.75) is 44.3 Å². The van der Waals surface area contributed by atoms with Crippen molar-refractivity contribution in [2.24, 2.45) is 0 Å². The van der Waals surface area contributed by atoms with E-state index in [0.29, 0.717) is 22.8 Å². The van der Waals surface area contributed by atoms with Crippen LogP contribution < -0.4 is 9.62 Å². The molecule has 0 unspecified atom stereocenters. The van der Waals surface area contributed by atoms with Crippen molar-refractivity contribution < 1.29 is 13.2 Å². The van der Waals surface area contributed by atoms with Crippen LogP contribution in [0.2, 0.25) is 5.02 Å². The number of nitrogens with zero attached hydrogens (tertiary/aromatic N) is 1. The smallest absolute Gasteiger partial charge is 0.264 e. The van der Waals surface area contributed by atoms with Crippen LogP contribution in [0.15, 0.2) is 47.4 Å². The van der Waals surface area contributed by atoms with Crippen molar-refractivity contribution in [3.8, 4) is 0 Å². The first-order valence-electron chi connectivity index (χ1n) is 9.67. The van der Waals surface area contributed by atoms with Gasteiger partial charge in [0.25, 0.3) is 10.0 Å². The normalized spacial score (nSPS) is 11.9. The van der Waals surface area contributed by atoms with E-state index in [4.69, 9.17) is 11.6 Å². The van der Waals surface area contributed by atoms with Crippen molar-refractivity contribution in [1.82, 2.24) is 5.32 Å². The fourth-order valence-corrected chi connectivity index (χ4v) is 5.20. The van der Waals surface area contributed by atoms with Gasteiger partial charge in [-0.2, -0.15) is 11.8 Å². The lowest BCUT2D eigenvalue weighted by Crippen LogP contribution is -2.42. The molecule has 2 rings (SSSR count). The summed E-state index contributed by atoms with van der Waals surface area (Å²) in [5.41, 5.74) is 1.95. The Bertz CT molecular complexity index is 984. The first-order chi connectivity index (χ1) is 13.9. The number of nitrogens with one attached hydrogen (secondary N) is 1. The molecule has 0 spiro atoms. The number of benzene rings is 2. The molecule has 30 heavy (non-hydrogen) atoms. The zero-order chi connectivity index (χ0) is 22.5. The van der Waals surface area contributed by atoms with Crippen molar-refractivity contribution in [3.05, 3.63) is 58.6 Å². The SMILES string of the molecule is Cc1ccc(S(=O)(=O)N(CC(=O)NCCSC(C)(C)C)c2cccc(Cl)c2C)cc1. The molecule has 0 fully saturated rings. The number of halogens is 1. The molecule has 0 heterocycles. The number of carbonyl (C=O) groups is 1. The van der Waals surface area contributed by atoms with E-state index < -0.39 is 10.0 Å². The van der Waals surface area contributed by atoms with Crippen LogP contribution in [0.4, 0.5) is 5.69 Å². The van der Waals surface area contributed by atoms with E-state index in [1.807, 2.05) is 6.92 Å². The minimum Gasteiger partial charge on any atom is -0.354 e. The number of hydrogen-bond donors (Lipinski definition) is 1. The highest BCUT2D eigenvalue weighted by atomic mass is 35.5. The summed E-state index contributed by atoms with van der Waals surface area (Å²) in [7, 11) is -3.95. The van der Waals surface area contributed by atoms with E-state index >= 15 is 0 Å². The standard InChI is InChI=1S/C22H29ClN2O3S2/c1-16-9-11-18(12-10-16)30(27,28)25(20-8-6-7-19(23)17(20)2)15-21(26)24-13-14-29-22(3,4)5/h6-12H,13-15H2,1-5H3,(H,24,26). The Hall–Kier alpha value is -1.70. The molecule has 1 N–H and O–H groups in total. The summed E-state index contributed by atoms with van der Waals surface area (Å²) in [6.07, 6.45) is 0. The van der Waals surface area contributed by atoms with E-state index in [1.165, 1.54) is 0 Å². The largest absolute Gasteiger partial charge is 0.354 e. The summed E-state index contributed by atoms with van der Waals surface area (Å²) < 4.78 is 28.0. The Morgan fingerprint density at radius 2 is 1.73 bits per heavy atom. The average Bonchev–Trinajstić information content (AvgIpc) is 2.65. The lowest BCUT2D eigenvalue weighted by atomic mass is 10.2. The molecule has 0 atom stereocenters. The minimum atomic E-state index is -3.95. The summed E-state index contributed by atoms with van der Waals surface area (Å²) in [5, 5.41) is 3.27. The van der Waals surface area contributed by atoms with Crippen LogP contribution in [0.5, 0.6) is 0 Å². The Morgan fingerprint density at radius 3 is 2.33 bits per heavy atom. The van der Waals surface area contributed by atoms with E-state index in [2.05, 4.69) is 26.1 Å². The van der Waals surface area contributed by atoms with Crippen LogP contribution in [0.1, 0.15) is 31.9 Å². The van der Waals surface area contributed by atoms with Crippen molar-refractivity contribution in [2.75, 3.05) is 23.1 Å². The van der Waals surface area contributed by atoms with Crippen LogP contribution in [0.3, 0.4) is 0 Å². The van der Waals surface area contributed by atoms with Crippen molar-refractivity contribution >= 4 is 45.0 Å². The summed E-state index contributed by atoms with van der Waals surface area (Å²) >= 11 is 7.97.